The fourth-order valence-electron chi connectivity index (χ4n) is 4.51. The molecule has 2 aromatic carbocycles. The third-order valence-electron chi connectivity index (χ3n) is 5.84. The van der Waals surface area contributed by atoms with E-state index in [4.69, 9.17) is 14.2 Å². The number of carbonyl (C=O) groups is 4. The number of carbonyl (C=O) groups excluding carboxylic acids is 4. The molecule has 0 fully saturated rings. The van der Waals surface area contributed by atoms with Crippen molar-refractivity contribution in [1.82, 2.24) is 0 Å². The maximum Gasteiger partial charge on any atom is 0.328 e. The normalized spacial score (nSPS) is 16.0. The first kappa shape index (κ1) is 21.5. The van der Waals surface area contributed by atoms with Crippen molar-refractivity contribution in [3.05, 3.63) is 70.3 Å². The van der Waals surface area contributed by atoms with E-state index in [0.717, 1.165) is 0 Å². The van der Waals surface area contributed by atoms with Crippen LogP contribution in [0.1, 0.15) is 45.7 Å². The van der Waals surface area contributed by atoms with Gasteiger partial charge in [-0.3, -0.25) is 19.2 Å². The molecule has 7 nitrogen and oxygen atoms in total. The molecule has 0 spiro atoms. The molecule has 0 unspecified atom stereocenters. The Labute approximate surface area is 185 Å². The van der Waals surface area contributed by atoms with Crippen molar-refractivity contribution >= 4 is 29.1 Å². The molecule has 164 valence electrons. The van der Waals surface area contributed by atoms with Gasteiger partial charge in [-0.05, 0) is 31.0 Å². The molecule has 0 amide bonds. The van der Waals surface area contributed by atoms with Crippen LogP contribution in [-0.4, -0.2) is 43.8 Å². The van der Waals surface area contributed by atoms with E-state index < -0.39 is 28.9 Å². The highest BCUT2D eigenvalue weighted by Crippen LogP contribution is 2.50. The predicted molar refractivity (Wildman–Crippen MR) is 114 cm³/mol. The van der Waals surface area contributed by atoms with Crippen LogP contribution in [0, 0.1) is 5.41 Å². The zero-order chi connectivity index (χ0) is 23.0. The molecule has 2 aliphatic rings. The summed E-state index contributed by atoms with van der Waals surface area (Å²) in [5.74, 6) is -2.73. The Hall–Kier alpha value is -3.74. The second-order valence-electron chi connectivity index (χ2n) is 7.47. The van der Waals surface area contributed by atoms with Crippen molar-refractivity contribution in [2.75, 3.05) is 20.3 Å². The van der Waals surface area contributed by atoms with E-state index in [1.807, 2.05) is 0 Å². The number of Topliss-reactive ketones (excluding diaryl/α,β-unsaturated/α-hetero) is 2. The fraction of sp³-hybridized carbons (Fsp3) is 0.280. The highest BCUT2D eigenvalue weighted by molar-refractivity contribution is 6.44. The van der Waals surface area contributed by atoms with Crippen LogP contribution in [-0.2, 0) is 25.5 Å². The molecule has 4 rings (SSSR count). The summed E-state index contributed by atoms with van der Waals surface area (Å²) in [6.07, 6.45) is -0.150. The van der Waals surface area contributed by atoms with Gasteiger partial charge in [-0.25, -0.2) is 0 Å². The Morgan fingerprint density at radius 2 is 1.50 bits per heavy atom. The fourth-order valence-corrected chi connectivity index (χ4v) is 4.51. The van der Waals surface area contributed by atoms with Crippen molar-refractivity contribution in [1.29, 1.82) is 0 Å². The van der Waals surface area contributed by atoms with Gasteiger partial charge in [0.1, 0.15) is 5.75 Å². The van der Waals surface area contributed by atoms with Crippen LogP contribution in [0.4, 0.5) is 0 Å². The van der Waals surface area contributed by atoms with Gasteiger partial charge in [0.15, 0.2) is 17.0 Å². The number of hydrogen-bond acceptors (Lipinski definition) is 7. The van der Waals surface area contributed by atoms with E-state index in [2.05, 4.69) is 0 Å². The van der Waals surface area contributed by atoms with Gasteiger partial charge in [0, 0.05) is 23.1 Å². The summed E-state index contributed by atoms with van der Waals surface area (Å²) in [5.41, 5.74) is -1.00. The second kappa shape index (κ2) is 8.07. The molecule has 0 saturated carbocycles. The lowest BCUT2D eigenvalue weighted by molar-refractivity contribution is -0.168. The van der Waals surface area contributed by atoms with E-state index >= 15 is 0 Å². The lowest BCUT2D eigenvalue weighted by atomic mass is 9.62. The van der Waals surface area contributed by atoms with Gasteiger partial charge in [-0.2, -0.15) is 0 Å². The molecule has 32 heavy (non-hydrogen) atoms. The van der Waals surface area contributed by atoms with Gasteiger partial charge in [-0.15, -0.1) is 0 Å². The van der Waals surface area contributed by atoms with E-state index in [1.54, 1.807) is 50.2 Å². The number of rotatable bonds is 5. The van der Waals surface area contributed by atoms with Crippen LogP contribution in [0.5, 0.6) is 5.75 Å². The molecule has 0 aliphatic heterocycles. The molecular weight excluding hydrogens is 412 g/mol. The van der Waals surface area contributed by atoms with E-state index in [1.165, 1.54) is 13.2 Å². The molecular formula is C25H22O7. The Morgan fingerprint density at radius 1 is 0.875 bits per heavy atom. The standard InChI is InChI=1S/C25H22O7/c1-4-31-23(28)25(24(29)32-5-2)13-14-9-6-7-10-15(14)19-20(25)22(27)18-16(21(19)26)11-8-12-17(18)30-3/h6-12H,4-5,13H2,1-3H3. The zero-order valence-electron chi connectivity index (χ0n) is 18.0. The van der Waals surface area contributed by atoms with Gasteiger partial charge in [0.2, 0.25) is 0 Å². The smallest absolute Gasteiger partial charge is 0.328 e. The molecule has 0 saturated heterocycles. The number of hydrogen-bond donors (Lipinski definition) is 0. The summed E-state index contributed by atoms with van der Waals surface area (Å²) in [6.45, 7) is 3.20. The summed E-state index contributed by atoms with van der Waals surface area (Å²) in [6, 6.07) is 11.6. The van der Waals surface area contributed by atoms with E-state index in [0.29, 0.717) is 11.1 Å². The zero-order valence-corrected chi connectivity index (χ0v) is 18.0. The Bertz CT molecular complexity index is 1170. The number of esters is 2. The quantitative estimate of drug-likeness (QED) is 0.527. The molecule has 0 aromatic heterocycles. The maximum atomic E-state index is 13.9. The maximum absolute atomic E-state index is 13.9. The summed E-state index contributed by atoms with van der Waals surface area (Å²) in [5, 5.41) is 0. The second-order valence-corrected chi connectivity index (χ2v) is 7.47. The van der Waals surface area contributed by atoms with Gasteiger partial charge in [-0.1, -0.05) is 36.4 Å². The number of ketones is 2. The van der Waals surface area contributed by atoms with Crippen molar-refractivity contribution in [3.63, 3.8) is 0 Å². The van der Waals surface area contributed by atoms with Gasteiger partial charge < -0.3 is 14.2 Å². The number of benzene rings is 2. The molecule has 0 N–H and O–H groups in total. The monoisotopic (exact) mass is 434 g/mol. The number of ether oxygens (including phenoxy) is 3. The van der Waals surface area contributed by atoms with E-state index in [9.17, 15) is 19.2 Å². The lowest BCUT2D eigenvalue weighted by Crippen LogP contribution is -2.51. The molecule has 7 heteroatoms. The average molecular weight is 434 g/mol. The van der Waals surface area contributed by atoms with Gasteiger partial charge >= 0.3 is 11.9 Å². The minimum atomic E-state index is -2.10. The molecule has 0 radical (unpaired) electrons. The average Bonchev–Trinajstić information content (AvgIpc) is 2.80. The molecule has 0 atom stereocenters. The lowest BCUT2D eigenvalue weighted by Gasteiger charge is -2.38. The van der Waals surface area contributed by atoms with Crippen molar-refractivity contribution in [2.45, 2.75) is 20.3 Å². The molecule has 2 aromatic rings. The molecule has 0 heterocycles. The number of methoxy groups -OCH3 is 1. The van der Waals surface area contributed by atoms with Crippen LogP contribution < -0.4 is 4.74 Å². The van der Waals surface area contributed by atoms with Crippen LogP contribution in [0.15, 0.2) is 48.0 Å². The Kier molecular flexibility index (Phi) is 5.42. The van der Waals surface area contributed by atoms with Crippen LogP contribution >= 0.6 is 0 Å². The number of fused-ring (bicyclic) bond motifs is 3. The van der Waals surface area contributed by atoms with Crippen LogP contribution in [0.2, 0.25) is 0 Å². The molecule has 0 bridgehead atoms. The van der Waals surface area contributed by atoms with Gasteiger partial charge in [0.25, 0.3) is 0 Å². The van der Waals surface area contributed by atoms with Gasteiger partial charge in [0.05, 0.1) is 25.9 Å². The minimum Gasteiger partial charge on any atom is -0.496 e. The van der Waals surface area contributed by atoms with Crippen LogP contribution in [0.3, 0.4) is 0 Å². The largest absolute Gasteiger partial charge is 0.496 e. The van der Waals surface area contributed by atoms with Crippen molar-refractivity contribution < 1.29 is 33.4 Å². The molecule has 2 aliphatic carbocycles. The summed E-state index contributed by atoms with van der Waals surface area (Å²) in [4.78, 5) is 54.4. The highest BCUT2D eigenvalue weighted by atomic mass is 16.6. The highest BCUT2D eigenvalue weighted by Gasteiger charge is 2.60. The SMILES string of the molecule is CCOC(=O)C1(C(=O)OCC)Cc2ccccc2C2=C1C(=O)c1c(OC)cccc1C2=O. The first-order chi connectivity index (χ1) is 15.4. The van der Waals surface area contributed by atoms with Crippen molar-refractivity contribution in [2.24, 2.45) is 5.41 Å². The summed E-state index contributed by atoms with van der Waals surface area (Å²) < 4.78 is 15.9. The third kappa shape index (κ3) is 2.88. The van der Waals surface area contributed by atoms with Crippen LogP contribution in [0.25, 0.3) is 5.57 Å². The minimum absolute atomic E-state index is 0.00765. The number of allylic oxidation sites excluding steroid dienone is 1. The van der Waals surface area contributed by atoms with E-state index in [-0.39, 0.29) is 47.7 Å². The Balaban J connectivity index is 2.12. The predicted octanol–water partition coefficient (Wildman–Crippen LogP) is 3.20. The topological polar surface area (TPSA) is 96.0 Å². The first-order valence-corrected chi connectivity index (χ1v) is 10.4. The van der Waals surface area contributed by atoms with Crippen molar-refractivity contribution in [3.8, 4) is 5.75 Å². The first-order valence-electron chi connectivity index (χ1n) is 10.4. The third-order valence-corrected chi connectivity index (χ3v) is 5.84. The Morgan fingerprint density at radius 3 is 2.12 bits per heavy atom. The summed E-state index contributed by atoms with van der Waals surface area (Å²) in [7, 11) is 1.39. The summed E-state index contributed by atoms with van der Waals surface area (Å²) >= 11 is 0.